The lowest BCUT2D eigenvalue weighted by molar-refractivity contribution is -0.120. The maximum atomic E-state index is 12.7. The summed E-state index contributed by atoms with van der Waals surface area (Å²) in [5, 5.41) is 3.94. The van der Waals surface area contributed by atoms with Crippen molar-refractivity contribution >= 4 is 22.9 Å². The van der Waals surface area contributed by atoms with E-state index < -0.39 is 0 Å². The van der Waals surface area contributed by atoms with Crippen LogP contribution in [0.4, 0.5) is 5.69 Å². The molecule has 0 saturated carbocycles. The minimum atomic E-state index is -0.0364. The minimum absolute atomic E-state index is 0.0364. The second-order valence-electron chi connectivity index (χ2n) is 6.26. The van der Waals surface area contributed by atoms with Crippen molar-refractivity contribution in [3.8, 4) is 16.5 Å². The number of carbonyl (C=O) groups is 1. The van der Waals surface area contributed by atoms with Gasteiger partial charge in [-0.2, -0.15) is 0 Å². The first-order valence-corrected chi connectivity index (χ1v) is 9.39. The number of fused-ring (bicyclic) bond motifs is 1. The number of nitrogens with zero attached hydrogens (tertiary/aromatic N) is 2. The van der Waals surface area contributed by atoms with E-state index in [0.29, 0.717) is 0 Å². The van der Waals surface area contributed by atoms with Crippen molar-refractivity contribution in [1.82, 2.24) is 9.97 Å². The molecule has 2 heterocycles. The molecular weight excluding hydrogens is 346 g/mol. The lowest BCUT2D eigenvalue weighted by Crippen LogP contribution is -2.27. The molecule has 2 aromatic heterocycles. The fourth-order valence-electron chi connectivity index (χ4n) is 3.14. The van der Waals surface area contributed by atoms with Crippen LogP contribution in [0.2, 0.25) is 0 Å². The second kappa shape index (κ2) is 7.25. The fourth-order valence-corrected chi connectivity index (χ4v) is 4.31. The molecule has 0 spiro atoms. The standard InChI is InChI=1S/C20H19N3O2S/c1-25-15-6-4-5-14(12-15)22-19(24)13-8-9-16-18(11-13)26-20(23-16)17-7-2-3-10-21-17/h2-7,10,12-13H,8-9,11H2,1H3,(H,22,24). The van der Waals surface area contributed by atoms with Crippen LogP contribution in [-0.4, -0.2) is 23.0 Å². The van der Waals surface area contributed by atoms with Gasteiger partial charge in [-0.3, -0.25) is 9.78 Å². The number of hydrogen-bond acceptors (Lipinski definition) is 5. The van der Waals surface area contributed by atoms with Gasteiger partial charge in [0.1, 0.15) is 10.8 Å². The Morgan fingerprint density at radius 1 is 1.27 bits per heavy atom. The SMILES string of the molecule is COc1cccc(NC(=O)C2CCc3nc(-c4ccccn4)sc3C2)c1. The van der Waals surface area contributed by atoms with Crippen LogP contribution in [0.25, 0.3) is 10.7 Å². The van der Waals surface area contributed by atoms with Gasteiger partial charge in [-0.1, -0.05) is 12.1 Å². The predicted molar refractivity (Wildman–Crippen MR) is 102 cm³/mol. The van der Waals surface area contributed by atoms with Gasteiger partial charge in [0, 0.05) is 28.7 Å². The number of benzene rings is 1. The van der Waals surface area contributed by atoms with Crippen LogP contribution in [0.5, 0.6) is 5.75 Å². The van der Waals surface area contributed by atoms with E-state index in [2.05, 4.69) is 10.3 Å². The molecule has 132 valence electrons. The highest BCUT2D eigenvalue weighted by molar-refractivity contribution is 7.15. The summed E-state index contributed by atoms with van der Waals surface area (Å²) in [6.45, 7) is 0. The monoisotopic (exact) mass is 365 g/mol. The molecule has 26 heavy (non-hydrogen) atoms. The third kappa shape index (κ3) is 3.46. The molecule has 1 aliphatic carbocycles. The van der Waals surface area contributed by atoms with E-state index in [9.17, 15) is 4.79 Å². The molecule has 0 radical (unpaired) electrons. The molecular formula is C20H19N3O2S. The lowest BCUT2D eigenvalue weighted by Gasteiger charge is -2.20. The van der Waals surface area contributed by atoms with Crippen molar-refractivity contribution < 1.29 is 9.53 Å². The van der Waals surface area contributed by atoms with Crippen molar-refractivity contribution in [2.24, 2.45) is 5.92 Å². The quantitative estimate of drug-likeness (QED) is 0.760. The summed E-state index contributed by atoms with van der Waals surface area (Å²) >= 11 is 1.65. The predicted octanol–water partition coefficient (Wildman–Crippen LogP) is 3.96. The van der Waals surface area contributed by atoms with Crippen molar-refractivity contribution in [3.63, 3.8) is 0 Å². The third-order valence-corrected chi connectivity index (χ3v) is 5.67. The molecule has 1 unspecified atom stereocenters. The summed E-state index contributed by atoms with van der Waals surface area (Å²) in [5.41, 5.74) is 2.77. The number of thiazole rings is 1. The van der Waals surface area contributed by atoms with Gasteiger partial charge in [0.2, 0.25) is 5.91 Å². The second-order valence-corrected chi connectivity index (χ2v) is 7.35. The van der Waals surface area contributed by atoms with Crippen molar-refractivity contribution in [3.05, 3.63) is 59.2 Å². The summed E-state index contributed by atoms with van der Waals surface area (Å²) in [7, 11) is 1.62. The summed E-state index contributed by atoms with van der Waals surface area (Å²) in [4.78, 5) is 23.0. The Labute approximate surface area is 156 Å². The fraction of sp³-hybridized carbons (Fsp3) is 0.250. The molecule has 1 aliphatic rings. The van der Waals surface area contributed by atoms with Crippen LogP contribution in [0, 0.1) is 5.92 Å². The van der Waals surface area contributed by atoms with Gasteiger partial charge in [0.15, 0.2) is 0 Å². The Bertz CT molecular complexity index is 924. The number of methoxy groups -OCH3 is 1. The van der Waals surface area contributed by atoms with E-state index in [-0.39, 0.29) is 11.8 Å². The Hall–Kier alpha value is -2.73. The Morgan fingerprint density at radius 3 is 3.00 bits per heavy atom. The van der Waals surface area contributed by atoms with E-state index in [0.717, 1.165) is 47.1 Å². The Balaban J connectivity index is 1.47. The van der Waals surface area contributed by atoms with Crippen LogP contribution >= 0.6 is 11.3 Å². The molecule has 3 aromatic rings. The largest absolute Gasteiger partial charge is 0.497 e. The molecule has 6 heteroatoms. The highest BCUT2D eigenvalue weighted by atomic mass is 32.1. The van der Waals surface area contributed by atoms with Gasteiger partial charge < -0.3 is 10.1 Å². The zero-order valence-electron chi connectivity index (χ0n) is 14.4. The van der Waals surface area contributed by atoms with Crippen LogP contribution in [0.3, 0.4) is 0 Å². The third-order valence-electron chi connectivity index (χ3n) is 4.53. The van der Waals surface area contributed by atoms with E-state index in [1.807, 2.05) is 42.5 Å². The number of ether oxygens (including phenoxy) is 1. The van der Waals surface area contributed by atoms with E-state index >= 15 is 0 Å². The number of amides is 1. The summed E-state index contributed by atoms with van der Waals surface area (Å²) in [6.07, 6.45) is 4.15. The molecule has 4 rings (SSSR count). The van der Waals surface area contributed by atoms with E-state index in [4.69, 9.17) is 9.72 Å². The van der Waals surface area contributed by atoms with Crippen molar-refractivity contribution in [2.45, 2.75) is 19.3 Å². The zero-order valence-corrected chi connectivity index (χ0v) is 15.3. The van der Waals surface area contributed by atoms with Crippen LogP contribution in [0.1, 0.15) is 17.0 Å². The summed E-state index contributed by atoms with van der Waals surface area (Å²) in [6, 6.07) is 13.3. The van der Waals surface area contributed by atoms with Crippen LogP contribution < -0.4 is 10.1 Å². The first-order chi connectivity index (χ1) is 12.7. The Kier molecular flexibility index (Phi) is 4.67. The number of rotatable bonds is 4. The Morgan fingerprint density at radius 2 is 2.19 bits per heavy atom. The molecule has 1 N–H and O–H groups in total. The van der Waals surface area contributed by atoms with Crippen molar-refractivity contribution in [1.29, 1.82) is 0 Å². The number of pyridine rings is 1. The number of aromatic nitrogens is 2. The topological polar surface area (TPSA) is 64.1 Å². The summed E-state index contributed by atoms with van der Waals surface area (Å²) < 4.78 is 5.21. The van der Waals surface area contributed by atoms with Gasteiger partial charge in [-0.15, -0.1) is 11.3 Å². The lowest BCUT2D eigenvalue weighted by atomic mass is 9.90. The molecule has 0 saturated heterocycles. The van der Waals surface area contributed by atoms with Gasteiger partial charge in [-0.25, -0.2) is 4.98 Å². The molecule has 1 aromatic carbocycles. The maximum Gasteiger partial charge on any atom is 0.227 e. The van der Waals surface area contributed by atoms with E-state index in [1.165, 1.54) is 4.88 Å². The highest BCUT2D eigenvalue weighted by Gasteiger charge is 2.28. The molecule has 0 fully saturated rings. The smallest absolute Gasteiger partial charge is 0.227 e. The van der Waals surface area contributed by atoms with E-state index in [1.54, 1.807) is 24.6 Å². The average Bonchev–Trinajstić information content (AvgIpc) is 3.12. The number of aryl methyl sites for hydroxylation is 1. The minimum Gasteiger partial charge on any atom is -0.497 e. The van der Waals surface area contributed by atoms with Gasteiger partial charge in [0.05, 0.1) is 18.5 Å². The van der Waals surface area contributed by atoms with Gasteiger partial charge >= 0.3 is 0 Å². The van der Waals surface area contributed by atoms with Gasteiger partial charge in [0.25, 0.3) is 0 Å². The number of hydrogen-bond donors (Lipinski definition) is 1. The van der Waals surface area contributed by atoms with Crippen LogP contribution in [-0.2, 0) is 17.6 Å². The number of carbonyl (C=O) groups excluding carboxylic acids is 1. The van der Waals surface area contributed by atoms with Gasteiger partial charge in [-0.05, 0) is 43.5 Å². The molecule has 5 nitrogen and oxygen atoms in total. The average molecular weight is 365 g/mol. The molecule has 1 atom stereocenters. The highest BCUT2D eigenvalue weighted by Crippen LogP contribution is 2.34. The molecule has 0 aliphatic heterocycles. The van der Waals surface area contributed by atoms with Crippen molar-refractivity contribution in [2.75, 3.05) is 12.4 Å². The molecule has 0 bridgehead atoms. The first-order valence-electron chi connectivity index (χ1n) is 8.58. The molecule has 1 amide bonds. The summed E-state index contributed by atoms with van der Waals surface area (Å²) in [5.74, 6) is 0.749. The number of nitrogens with one attached hydrogen (secondary N) is 1. The number of anilines is 1. The zero-order chi connectivity index (χ0) is 17.9. The normalized spacial score (nSPS) is 16.0. The maximum absolute atomic E-state index is 12.7. The first kappa shape index (κ1) is 16.7. The van der Waals surface area contributed by atoms with Crippen LogP contribution in [0.15, 0.2) is 48.7 Å².